The van der Waals surface area contributed by atoms with Gasteiger partial charge in [-0.1, -0.05) is 19.3 Å². The standard InChI is InChI=1S/C15H18BrFO4/c1-20-10-8-9(12(17)11(16)13(10)21-2)15(14(18)19)6-4-3-5-7-15/h8H,3-7H2,1-2H3,(H,18,19). The molecule has 1 fully saturated rings. The van der Waals surface area contributed by atoms with Gasteiger partial charge in [0.15, 0.2) is 11.5 Å². The third kappa shape index (κ3) is 2.61. The molecule has 0 amide bonds. The Kier molecular flexibility index (Phi) is 4.76. The number of rotatable bonds is 4. The Morgan fingerprint density at radius 3 is 2.38 bits per heavy atom. The first kappa shape index (κ1) is 16.1. The number of halogens is 2. The molecule has 1 aliphatic carbocycles. The average molecular weight is 361 g/mol. The lowest BCUT2D eigenvalue weighted by molar-refractivity contribution is -0.145. The van der Waals surface area contributed by atoms with Crippen LogP contribution in [0.5, 0.6) is 11.5 Å². The van der Waals surface area contributed by atoms with Gasteiger partial charge in [-0.05, 0) is 34.8 Å². The van der Waals surface area contributed by atoms with E-state index in [0.29, 0.717) is 18.6 Å². The number of benzene rings is 1. The van der Waals surface area contributed by atoms with Gasteiger partial charge in [0.1, 0.15) is 5.82 Å². The van der Waals surface area contributed by atoms with Crippen LogP contribution in [0.3, 0.4) is 0 Å². The van der Waals surface area contributed by atoms with Gasteiger partial charge in [-0.3, -0.25) is 4.79 Å². The minimum absolute atomic E-state index is 0.102. The minimum Gasteiger partial charge on any atom is -0.493 e. The predicted molar refractivity (Wildman–Crippen MR) is 79.6 cm³/mol. The topological polar surface area (TPSA) is 55.8 Å². The summed E-state index contributed by atoms with van der Waals surface area (Å²) in [4.78, 5) is 11.8. The van der Waals surface area contributed by atoms with E-state index in [-0.39, 0.29) is 15.8 Å². The lowest BCUT2D eigenvalue weighted by atomic mass is 9.69. The van der Waals surface area contributed by atoms with Crippen molar-refractivity contribution < 1.29 is 23.8 Å². The number of methoxy groups -OCH3 is 2. The molecule has 6 heteroatoms. The van der Waals surface area contributed by atoms with Gasteiger partial charge in [-0.15, -0.1) is 0 Å². The fraction of sp³-hybridized carbons (Fsp3) is 0.533. The highest BCUT2D eigenvalue weighted by Gasteiger charge is 2.44. The summed E-state index contributed by atoms with van der Waals surface area (Å²) in [7, 11) is 2.86. The zero-order valence-electron chi connectivity index (χ0n) is 12.0. The van der Waals surface area contributed by atoms with Crippen molar-refractivity contribution >= 4 is 21.9 Å². The average Bonchev–Trinajstić information content (AvgIpc) is 2.50. The van der Waals surface area contributed by atoms with Crippen LogP contribution in [-0.2, 0) is 10.2 Å². The van der Waals surface area contributed by atoms with Gasteiger partial charge < -0.3 is 14.6 Å². The van der Waals surface area contributed by atoms with Crippen LogP contribution in [-0.4, -0.2) is 25.3 Å². The molecule has 0 spiro atoms. The quantitative estimate of drug-likeness (QED) is 0.884. The molecule has 116 valence electrons. The monoisotopic (exact) mass is 360 g/mol. The summed E-state index contributed by atoms with van der Waals surface area (Å²) in [6.07, 6.45) is 3.39. The Hall–Kier alpha value is -1.30. The number of hydrogen-bond acceptors (Lipinski definition) is 3. The van der Waals surface area contributed by atoms with E-state index in [1.807, 2.05) is 0 Å². The fourth-order valence-corrected chi connectivity index (χ4v) is 3.60. The Balaban J connectivity index is 2.66. The van der Waals surface area contributed by atoms with Crippen LogP contribution >= 0.6 is 15.9 Å². The summed E-state index contributed by atoms with van der Waals surface area (Å²) in [6.45, 7) is 0. The minimum atomic E-state index is -1.19. The Labute approximate surface area is 131 Å². The van der Waals surface area contributed by atoms with Crippen molar-refractivity contribution in [2.45, 2.75) is 37.5 Å². The zero-order chi connectivity index (χ0) is 15.6. The summed E-state index contributed by atoms with van der Waals surface area (Å²) < 4.78 is 25.1. The molecule has 2 rings (SSSR count). The van der Waals surface area contributed by atoms with Crippen LogP contribution < -0.4 is 9.47 Å². The van der Waals surface area contributed by atoms with E-state index in [1.54, 1.807) is 0 Å². The second kappa shape index (κ2) is 6.22. The van der Waals surface area contributed by atoms with Crippen molar-refractivity contribution in [3.8, 4) is 11.5 Å². The van der Waals surface area contributed by atoms with Crippen molar-refractivity contribution in [3.05, 3.63) is 21.9 Å². The highest BCUT2D eigenvalue weighted by molar-refractivity contribution is 9.10. The Morgan fingerprint density at radius 1 is 1.29 bits per heavy atom. The van der Waals surface area contributed by atoms with Crippen LogP contribution in [0.15, 0.2) is 10.5 Å². The molecule has 1 N–H and O–H groups in total. The lowest BCUT2D eigenvalue weighted by Crippen LogP contribution is -2.38. The lowest BCUT2D eigenvalue weighted by Gasteiger charge is -2.34. The van der Waals surface area contributed by atoms with Crippen LogP contribution in [0.2, 0.25) is 0 Å². The molecule has 1 saturated carbocycles. The van der Waals surface area contributed by atoms with E-state index >= 15 is 0 Å². The molecular weight excluding hydrogens is 343 g/mol. The summed E-state index contributed by atoms with van der Waals surface area (Å²) in [6, 6.07) is 1.46. The van der Waals surface area contributed by atoms with Gasteiger partial charge in [0.2, 0.25) is 0 Å². The van der Waals surface area contributed by atoms with Gasteiger partial charge in [0.05, 0.1) is 24.1 Å². The SMILES string of the molecule is COc1cc(C2(C(=O)O)CCCCC2)c(F)c(Br)c1OC. The van der Waals surface area contributed by atoms with Gasteiger partial charge in [0, 0.05) is 5.56 Å². The number of carbonyl (C=O) groups is 1. The Bertz CT molecular complexity index is 553. The normalized spacial score (nSPS) is 17.3. The van der Waals surface area contributed by atoms with E-state index in [9.17, 15) is 14.3 Å². The molecular formula is C15H18BrFO4. The predicted octanol–water partition coefficient (Wildman–Crippen LogP) is 3.89. The van der Waals surface area contributed by atoms with Gasteiger partial charge in [-0.25, -0.2) is 4.39 Å². The summed E-state index contributed by atoms with van der Waals surface area (Å²) in [5, 5.41) is 9.69. The van der Waals surface area contributed by atoms with Crippen molar-refractivity contribution in [1.82, 2.24) is 0 Å². The number of hydrogen-bond donors (Lipinski definition) is 1. The molecule has 21 heavy (non-hydrogen) atoms. The van der Waals surface area contributed by atoms with Crippen molar-refractivity contribution in [2.24, 2.45) is 0 Å². The smallest absolute Gasteiger partial charge is 0.314 e. The second-order valence-electron chi connectivity index (χ2n) is 5.24. The number of ether oxygens (including phenoxy) is 2. The maximum atomic E-state index is 14.7. The summed E-state index contributed by atoms with van der Waals surface area (Å²) >= 11 is 3.15. The second-order valence-corrected chi connectivity index (χ2v) is 6.03. The molecule has 1 aliphatic rings. The van der Waals surface area contributed by atoms with Crippen LogP contribution in [0.4, 0.5) is 4.39 Å². The number of carboxylic acid groups (broad SMARTS) is 1. The summed E-state index contributed by atoms with van der Waals surface area (Å²) in [5.74, 6) is -1.01. The highest BCUT2D eigenvalue weighted by atomic mass is 79.9. The summed E-state index contributed by atoms with van der Waals surface area (Å²) in [5.41, 5.74) is -1.02. The molecule has 1 aromatic rings. The molecule has 4 nitrogen and oxygen atoms in total. The maximum absolute atomic E-state index is 14.7. The van der Waals surface area contributed by atoms with E-state index in [2.05, 4.69) is 15.9 Å². The van der Waals surface area contributed by atoms with Crippen molar-refractivity contribution in [2.75, 3.05) is 14.2 Å². The van der Waals surface area contributed by atoms with E-state index in [4.69, 9.17) is 9.47 Å². The van der Waals surface area contributed by atoms with E-state index < -0.39 is 17.2 Å². The molecule has 0 heterocycles. The van der Waals surface area contributed by atoms with Crippen molar-refractivity contribution in [3.63, 3.8) is 0 Å². The number of carboxylic acids is 1. The molecule has 0 unspecified atom stereocenters. The highest BCUT2D eigenvalue weighted by Crippen LogP contribution is 2.47. The van der Waals surface area contributed by atoms with Gasteiger partial charge >= 0.3 is 5.97 Å². The molecule has 0 bridgehead atoms. The van der Waals surface area contributed by atoms with Gasteiger partial charge in [-0.2, -0.15) is 0 Å². The zero-order valence-corrected chi connectivity index (χ0v) is 13.6. The third-order valence-corrected chi connectivity index (χ3v) is 4.89. The number of aliphatic carboxylic acids is 1. The molecule has 1 aromatic carbocycles. The van der Waals surface area contributed by atoms with E-state index in [0.717, 1.165) is 19.3 Å². The molecule has 0 aromatic heterocycles. The molecule has 0 aliphatic heterocycles. The Morgan fingerprint density at radius 2 is 1.90 bits per heavy atom. The first-order chi connectivity index (χ1) is 9.97. The van der Waals surface area contributed by atoms with Crippen molar-refractivity contribution in [1.29, 1.82) is 0 Å². The van der Waals surface area contributed by atoms with E-state index in [1.165, 1.54) is 20.3 Å². The fourth-order valence-electron chi connectivity index (χ4n) is 3.03. The molecule has 0 radical (unpaired) electrons. The first-order valence-corrected chi connectivity index (χ1v) is 7.61. The molecule has 0 atom stereocenters. The van der Waals surface area contributed by atoms with Crippen LogP contribution in [0.25, 0.3) is 0 Å². The molecule has 0 saturated heterocycles. The van der Waals surface area contributed by atoms with Gasteiger partial charge in [0.25, 0.3) is 0 Å². The maximum Gasteiger partial charge on any atom is 0.314 e. The van der Waals surface area contributed by atoms with Crippen LogP contribution in [0.1, 0.15) is 37.7 Å². The first-order valence-electron chi connectivity index (χ1n) is 6.81. The third-order valence-electron chi connectivity index (χ3n) is 4.18. The largest absolute Gasteiger partial charge is 0.493 e. The van der Waals surface area contributed by atoms with Crippen LogP contribution in [0, 0.1) is 5.82 Å².